The van der Waals surface area contributed by atoms with Gasteiger partial charge in [-0.3, -0.25) is 0 Å². The Hall–Kier alpha value is -2.40. The van der Waals surface area contributed by atoms with Gasteiger partial charge < -0.3 is 4.57 Å². The van der Waals surface area contributed by atoms with Crippen molar-refractivity contribution in [2.75, 3.05) is 0 Å². The molecule has 10 heteroatoms. The molecule has 2 heterocycles. The number of benzene rings is 2. The number of nitrogens with zero attached hydrogens (tertiary/aromatic N) is 3. The Kier molecular flexibility index (Phi) is 6.61. The summed E-state index contributed by atoms with van der Waals surface area (Å²) < 4.78 is 43.6. The highest BCUT2D eigenvalue weighted by atomic mass is 79.9. The minimum atomic E-state index is -3.66. The molecule has 0 atom stereocenters. The molecule has 0 unspecified atom stereocenters. The Balaban J connectivity index is 1.52. The minimum absolute atomic E-state index is 0.136. The van der Waals surface area contributed by atoms with Crippen molar-refractivity contribution in [1.82, 2.24) is 19.3 Å². The van der Waals surface area contributed by atoms with Crippen LogP contribution in [0.25, 0.3) is 11.3 Å². The Labute approximate surface area is 192 Å². The second kappa shape index (κ2) is 9.39. The first kappa shape index (κ1) is 21.8. The summed E-state index contributed by atoms with van der Waals surface area (Å²) >= 11 is 4.25. The molecule has 0 saturated carbocycles. The summed E-state index contributed by atoms with van der Waals surface area (Å²) in [6.07, 6.45) is 5.55. The normalized spacial score (nSPS) is 11.7. The largest absolute Gasteiger partial charge is 0.330 e. The van der Waals surface area contributed by atoms with Crippen molar-refractivity contribution >= 4 is 37.3 Å². The Morgan fingerprint density at radius 3 is 2.61 bits per heavy atom. The topological polar surface area (TPSA) is 76.9 Å². The fourth-order valence-corrected chi connectivity index (χ4v) is 6.01. The van der Waals surface area contributed by atoms with Gasteiger partial charge in [0.2, 0.25) is 0 Å². The molecule has 160 valence electrons. The quantitative estimate of drug-likeness (QED) is 0.367. The monoisotopic (exact) mass is 520 g/mol. The van der Waals surface area contributed by atoms with Gasteiger partial charge in [-0.2, -0.15) is 0 Å². The van der Waals surface area contributed by atoms with E-state index in [2.05, 4.69) is 30.6 Å². The van der Waals surface area contributed by atoms with Crippen molar-refractivity contribution in [2.45, 2.75) is 23.7 Å². The first-order valence-corrected chi connectivity index (χ1v) is 12.5. The number of thiazole rings is 1. The number of hydrogen-bond donors (Lipinski definition) is 1. The summed E-state index contributed by atoms with van der Waals surface area (Å²) in [5, 5.41) is 0. The Morgan fingerprint density at radius 2 is 1.87 bits per heavy atom. The van der Waals surface area contributed by atoms with E-state index in [-0.39, 0.29) is 16.6 Å². The molecule has 0 aliphatic rings. The lowest BCUT2D eigenvalue weighted by atomic mass is 10.0. The Bertz CT molecular complexity index is 1290. The molecule has 31 heavy (non-hydrogen) atoms. The molecule has 4 aromatic rings. The number of nitrogens with one attached hydrogen (secondary N) is 1. The SMILES string of the molecule is O=S(=O)(NCc1ccccc1-c1cncn1CCc1ccc(F)cc1)c1cnc(Br)s1. The molecule has 0 radical (unpaired) electrons. The molecular weight excluding hydrogens is 503 g/mol. The first-order chi connectivity index (χ1) is 14.9. The maximum absolute atomic E-state index is 13.1. The molecule has 0 spiro atoms. The predicted octanol–water partition coefficient (Wildman–Crippen LogP) is 4.63. The van der Waals surface area contributed by atoms with Gasteiger partial charge in [-0.15, -0.1) is 0 Å². The Morgan fingerprint density at radius 1 is 1.10 bits per heavy atom. The van der Waals surface area contributed by atoms with E-state index in [1.807, 2.05) is 28.8 Å². The summed E-state index contributed by atoms with van der Waals surface area (Å²) in [5.74, 6) is -0.255. The molecule has 0 saturated heterocycles. The van der Waals surface area contributed by atoms with Gasteiger partial charge in [0.15, 0.2) is 8.13 Å². The number of aryl methyl sites for hydroxylation is 2. The van der Waals surface area contributed by atoms with Crippen LogP contribution in [0.15, 0.2) is 75.4 Å². The van der Waals surface area contributed by atoms with E-state index in [9.17, 15) is 12.8 Å². The van der Waals surface area contributed by atoms with Crippen molar-refractivity contribution in [3.63, 3.8) is 0 Å². The van der Waals surface area contributed by atoms with Crippen LogP contribution in [-0.2, 0) is 29.5 Å². The lowest BCUT2D eigenvalue weighted by Gasteiger charge is -2.13. The molecule has 0 amide bonds. The summed E-state index contributed by atoms with van der Waals surface area (Å²) in [4.78, 5) is 8.22. The zero-order valence-corrected chi connectivity index (χ0v) is 19.4. The van der Waals surface area contributed by atoms with Crippen molar-refractivity contribution in [3.8, 4) is 11.3 Å². The number of aromatic nitrogens is 3. The van der Waals surface area contributed by atoms with Crippen LogP contribution in [0.3, 0.4) is 0 Å². The van der Waals surface area contributed by atoms with Crippen molar-refractivity contribution < 1.29 is 12.8 Å². The fraction of sp³-hybridized carbons (Fsp3) is 0.143. The number of rotatable bonds is 8. The van der Waals surface area contributed by atoms with Crippen LogP contribution in [-0.4, -0.2) is 23.0 Å². The number of sulfonamides is 1. The van der Waals surface area contributed by atoms with Crippen LogP contribution >= 0.6 is 27.3 Å². The standard InChI is InChI=1S/C21H18BrFN4O2S2/c22-21-25-13-20(30-21)31(28,29)26-11-16-3-1-2-4-18(16)19-12-24-14-27(19)10-9-15-5-7-17(23)8-6-15/h1-8,12-14,26H,9-11H2. The third kappa shape index (κ3) is 5.27. The fourth-order valence-electron chi connectivity index (χ4n) is 3.16. The van der Waals surface area contributed by atoms with Gasteiger partial charge in [0.1, 0.15) is 5.82 Å². The first-order valence-electron chi connectivity index (χ1n) is 9.36. The highest BCUT2D eigenvalue weighted by Gasteiger charge is 2.18. The smallest absolute Gasteiger partial charge is 0.252 e. The van der Waals surface area contributed by atoms with Gasteiger partial charge in [-0.25, -0.2) is 27.5 Å². The lowest BCUT2D eigenvalue weighted by Crippen LogP contribution is -2.22. The van der Waals surface area contributed by atoms with E-state index in [1.54, 1.807) is 24.7 Å². The molecule has 2 aromatic carbocycles. The minimum Gasteiger partial charge on any atom is -0.330 e. The third-order valence-corrected chi connectivity index (χ3v) is 8.07. The van der Waals surface area contributed by atoms with Crippen LogP contribution in [0.2, 0.25) is 0 Å². The van der Waals surface area contributed by atoms with E-state index in [1.165, 1.54) is 18.3 Å². The molecule has 0 bridgehead atoms. The molecule has 4 rings (SSSR count). The zero-order valence-electron chi connectivity index (χ0n) is 16.2. The van der Waals surface area contributed by atoms with Crippen LogP contribution in [0.5, 0.6) is 0 Å². The average molecular weight is 521 g/mol. The molecular formula is C21H18BrFN4O2S2. The predicted molar refractivity (Wildman–Crippen MR) is 122 cm³/mol. The van der Waals surface area contributed by atoms with E-state index in [0.29, 0.717) is 10.5 Å². The highest BCUT2D eigenvalue weighted by Crippen LogP contribution is 2.26. The number of hydrogen-bond acceptors (Lipinski definition) is 5. The molecule has 0 aliphatic carbocycles. The van der Waals surface area contributed by atoms with Gasteiger partial charge in [-0.1, -0.05) is 47.7 Å². The molecule has 6 nitrogen and oxygen atoms in total. The van der Waals surface area contributed by atoms with Crippen LogP contribution in [0.4, 0.5) is 4.39 Å². The van der Waals surface area contributed by atoms with E-state index < -0.39 is 10.0 Å². The van der Waals surface area contributed by atoms with Gasteiger partial charge in [-0.05, 0) is 45.6 Å². The third-order valence-electron chi connectivity index (χ3n) is 4.73. The molecule has 2 aromatic heterocycles. The molecule has 0 fully saturated rings. The van der Waals surface area contributed by atoms with Gasteiger partial charge in [0, 0.05) is 18.7 Å². The number of halogens is 2. The maximum Gasteiger partial charge on any atom is 0.252 e. The van der Waals surface area contributed by atoms with Crippen LogP contribution < -0.4 is 4.72 Å². The second-order valence-corrected chi connectivity index (χ2v) is 11.1. The highest BCUT2D eigenvalue weighted by molar-refractivity contribution is 9.11. The van der Waals surface area contributed by atoms with E-state index in [0.717, 1.165) is 40.1 Å². The van der Waals surface area contributed by atoms with Gasteiger partial charge in [0.25, 0.3) is 10.0 Å². The second-order valence-electron chi connectivity index (χ2n) is 6.76. The number of imidazole rings is 1. The zero-order chi connectivity index (χ0) is 21.8. The van der Waals surface area contributed by atoms with Gasteiger partial charge in [0.05, 0.1) is 24.4 Å². The average Bonchev–Trinajstić information content (AvgIpc) is 3.41. The van der Waals surface area contributed by atoms with Crippen molar-refractivity contribution in [3.05, 3.63) is 88.1 Å². The summed E-state index contributed by atoms with van der Waals surface area (Å²) in [6, 6.07) is 14.1. The maximum atomic E-state index is 13.1. The van der Waals surface area contributed by atoms with E-state index >= 15 is 0 Å². The summed E-state index contributed by atoms with van der Waals surface area (Å²) in [7, 11) is -3.66. The summed E-state index contributed by atoms with van der Waals surface area (Å²) in [6.45, 7) is 0.799. The van der Waals surface area contributed by atoms with E-state index in [4.69, 9.17) is 0 Å². The van der Waals surface area contributed by atoms with Crippen molar-refractivity contribution in [1.29, 1.82) is 0 Å². The van der Waals surface area contributed by atoms with Crippen LogP contribution in [0, 0.1) is 5.82 Å². The molecule has 1 N–H and O–H groups in total. The van der Waals surface area contributed by atoms with Crippen molar-refractivity contribution in [2.24, 2.45) is 0 Å². The van der Waals surface area contributed by atoms with Crippen LogP contribution in [0.1, 0.15) is 11.1 Å². The van der Waals surface area contributed by atoms with Gasteiger partial charge >= 0.3 is 0 Å². The lowest BCUT2D eigenvalue weighted by molar-refractivity contribution is 0.583. The summed E-state index contributed by atoms with van der Waals surface area (Å²) in [5.41, 5.74) is 3.64. The molecule has 0 aliphatic heterocycles.